The lowest BCUT2D eigenvalue weighted by Gasteiger charge is -2.17. The topological polar surface area (TPSA) is 98.4 Å². The van der Waals surface area contributed by atoms with E-state index in [0.29, 0.717) is 57.4 Å². The first-order valence-electron chi connectivity index (χ1n) is 13.4. The standard InChI is InChI=1S/C19H30O5.C10H11ClN4/c1-3-5-7-20-8-9-21-10-11-22-14-17-13-19-18(23-15-24-19)12-16(17)6-4-2;1-8(14-7-12)15(2)6-9-3-4-10(11)13-5-9/h12-13H,3-11,14-15H2,1-2H3;3-5H,6H2,1-2H3. The van der Waals surface area contributed by atoms with E-state index in [-0.39, 0.29) is 0 Å². The first-order chi connectivity index (χ1) is 19.0. The third-order valence-corrected chi connectivity index (χ3v) is 6.05. The van der Waals surface area contributed by atoms with Gasteiger partial charge in [-0.2, -0.15) is 10.3 Å². The number of hydrogen-bond acceptors (Lipinski definition) is 8. The van der Waals surface area contributed by atoms with Gasteiger partial charge in [0, 0.05) is 26.4 Å². The van der Waals surface area contributed by atoms with Crippen LogP contribution in [0, 0.1) is 11.5 Å². The van der Waals surface area contributed by atoms with Crippen molar-refractivity contribution in [3.63, 3.8) is 0 Å². The highest BCUT2D eigenvalue weighted by Crippen LogP contribution is 2.35. The number of ether oxygens (including phenoxy) is 5. The monoisotopic (exact) mass is 560 g/mol. The molecule has 0 saturated carbocycles. The van der Waals surface area contributed by atoms with Crippen LogP contribution in [-0.4, -0.2) is 62.6 Å². The van der Waals surface area contributed by atoms with E-state index in [1.54, 1.807) is 25.4 Å². The average molecular weight is 561 g/mol. The van der Waals surface area contributed by atoms with Crippen LogP contribution >= 0.6 is 11.6 Å². The Balaban J connectivity index is 0.000000306. The number of unbranched alkanes of at least 4 members (excludes halogenated alkanes) is 1. The maximum atomic E-state index is 8.39. The van der Waals surface area contributed by atoms with Crippen molar-refractivity contribution in [2.75, 3.05) is 46.9 Å². The number of halogens is 1. The number of hydrogen-bond donors (Lipinski definition) is 0. The van der Waals surface area contributed by atoms with Crippen LogP contribution in [0.3, 0.4) is 0 Å². The number of amidine groups is 1. The van der Waals surface area contributed by atoms with Crippen molar-refractivity contribution >= 4 is 17.4 Å². The second-order valence-corrected chi connectivity index (χ2v) is 9.35. The Kier molecular flexibility index (Phi) is 15.9. The van der Waals surface area contributed by atoms with E-state index in [1.807, 2.05) is 24.1 Å². The fourth-order valence-electron chi connectivity index (χ4n) is 3.58. The molecule has 0 unspecified atom stereocenters. The third-order valence-electron chi connectivity index (χ3n) is 5.83. The molecule has 1 aliphatic heterocycles. The molecule has 2 heterocycles. The van der Waals surface area contributed by atoms with Crippen molar-refractivity contribution in [3.8, 4) is 17.7 Å². The minimum atomic E-state index is 0.305. The zero-order valence-electron chi connectivity index (χ0n) is 23.6. The highest BCUT2D eigenvalue weighted by Gasteiger charge is 2.17. The first-order valence-corrected chi connectivity index (χ1v) is 13.8. The molecule has 3 rings (SSSR count). The fraction of sp³-hybridized carbons (Fsp3) is 0.552. The molecule has 0 aliphatic carbocycles. The Morgan fingerprint density at radius 3 is 2.31 bits per heavy atom. The van der Waals surface area contributed by atoms with E-state index in [1.165, 1.54) is 11.1 Å². The minimum Gasteiger partial charge on any atom is -0.454 e. The number of nitrogens with zero attached hydrogens (tertiary/aromatic N) is 4. The summed E-state index contributed by atoms with van der Waals surface area (Å²) in [5.74, 6) is 2.33. The van der Waals surface area contributed by atoms with Gasteiger partial charge in [0.1, 0.15) is 11.0 Å². The van der Waals surface area contributed by atoms with Gasteiger partial charge in [-0.05, 0) is 54.7 Å². The lowest BCUT2D eigenvalue weighted by molar-refractivity contribution is 0.0101. The van der Waals surface area contributed by atoms with Crippen LogP contribution in [0.2, 0.25) is 5.15 Å². The Hall–Kier alpha value is -2.90. The molecule has 9 nitrogen and oxygen atoms in total. The minimum absolute atomic E-state index is 0.305. The molecule has 10 heteroatoms. The Bertz CT molecular complexity index is 1040. The van der Waals surface area contributed by atoms with Crippen LogP contribution in [0.15, 0.2) is 35.5 Å². The number of pyridine rings is 1. The molecule has 0 bridgehead atoms. The maximum absolute atomic E-state index is 8.39. The van der Waals surface area contributed by atoms with Gasteiger partial charge in [-0.3, -0.25) is 0 Å². The molecule has 0 amide bonds. The number of aromatic nitrogens is 1. The van der Waals surface area contributed by atoms with Crippen molar-refractivity contribution in [3.05, 3.63) is 52.3 Å². The van der Waals surface area contributed by atoms with E-state index in [0.717, 1.165) is 49.4 Å². The SMILES string of the molecule is CC(=NC#N)N(C)Cc1ccc(Cl)nc1.CCCCOCCOCCOCc1cc2c(cc1CCC)OCO2. The average Bonchev–Trinajstić information content (AvgIpc) is 3.39. The highest BCUT2D eigenvalue weighted by molar-refractivity contribution is 6.29. The largest absolute Gasteiger partial charge is 0.454 e. The molecular formula is C29H41ClN4O5. The van der Waals surface area contributed by atoms with Gasteiger partial charge >= 0.3 is 0 Å². The van der Waals surface area contributed by atoms with Crippen LogP contribution in [0.25, 0.3) is 0 Å². The Morgan fingerprint density at radius 2 is 1.69 bits per heavy atom. The van der Waals surface area contributed by atoms with Gasteiger partial charge in [0.25, 0.3) is 0 Å². The summed E-state index contributed by atoms with van der Waals surface area (Å²) in [6.07, 6.45) is 7.84. The van der Waals surface area contributed by atoms with E-state index in [4.69, 9.17) is 40.5 Å². The molecule has 39 heavy (non-hydrogen) atoms. The summed E-state index contributed by atoms with van der Waals surface area (Å²) >= 11 is 5.67. The summed E-state index contributed by atoms with van der Waals surface area (Å²) in [5, 5.41) is 8.87. The number of aryl methyl sites for hydroxylation is 1. The van der Waals surface area contributed by atoms with Gasteiger partial charge in [-0.25, -0.2) is 4.98 Å². The van der Waals surface area contributed by atoms with Crippen molar-refractivity contribution in [2.24, 2.45) is 4.99 Å². The van der Waals surface area contributed by atoms with Crippen molar-refractivity contribution in [1.29, 1.82) is 5.26 Å². The van der Waals surface area contributed by atoms with Crippen LogP contribution in [0.1, 0.15) is 56.7 Å². The first kappa shape index (κ1) is 32.3. The number of fused-ring (bicyclic) bond motifs is 1. The second-order valence-electron chi connectivity index (χ2n) is 8.96. The lowest BCUT2D eigenvalue weighted by Crippen LogP contribution is -2.23. The Labute approximate surface area is 237 Å². The summed E-state index contributed by atoms with van der Waals surface area (Å²) in [6, 6.07) is 7.75. The van der Waals surface area contributed by atoms with Gasteiger partial charge in [0.15, 0.2) is 11.5 Å². The van der Waals surface area contributed by atoms with Crippen LogP contribution < -0.4 is 9.47 Å². The van der Waals surface area contributed by atoms with E-state index in [9.17, 15) is 0 Å². The summed E-state index contributed by atoms with van der Waals surface area (Å²) in [5.41, 5.74) is 3.46. The van der Waals surface area contributed by atoms with Crippen molar-refractivity contribution < 1.29 is 23.7 Å². The van der Waals surface area contributed by atoms with Crippen LogP contribution in [0.5, 0.6) is 11.5 Å². The molecule has 1 aromatic heterocycles. The van der Waals surface area contributed by atoms with Gasteiger partial charge < -0.3 is 28.6 Å². The number of benzene rings is 1. The van der Waals surface area contributed by atoms with Crippen molar-refractivity contribution in [2.45, 2.75) is 59.6 Å². The fourth-order valence-corrected chi connectivity index (χ4v) is 3.69. The number of rotatable bonds is 15. The maximum Gasteiger partial charge on any atom is 0.231 e. The molecular weight excluding hydrogens is 520 g/mol. The predicted octanol–water partition coefficient (Wildman–Crippen LogP) is 5.78. The summed E-state index contributed by atoms with van der Waals surface area (Å²) in [4.78, 5) is 9.48. The Morgan fingerprint density at radius 1 is 1.03 bits per heavy atom. The highest BCUT2D eigenvalue weighted by atomic mass is 35.5. The summed E-state index contributed by atoms with van der Waals surface area (Å²) in [6.45, 7) is 10.9. The lowest BCUT2D eigenvalue weighted by atomic mass is 10.0. The zero-order valence-corrected chi connectivity index (χ0v) is 24.3. The summed E-state index contributed by atoms with van der Waals surface area (Å²) in [7, 11) is 1.87. The molecule has 0 fully saturated rings. The zero-order chi connectivity index (χ0) is 28.3. The molecule has 0 radical (unpaired) electrons. The molecule has 2 aromatic rings. The van der Waals surface area contributed by atoms with E-state index in [2.05, 4.69) is 29.9 Å². The van der Waals surface area contributed by atoms with Gasteiger partial charge in [-0.15, -0.1) is 0 Å². The van der Waals surface area contributed by atoms with Crippen LogP contribution in [-0.2, 0) is 33.8 Å². The molecule has 214 valence electrons. The quantitative estimate of drug-likeness (QED) is 0.0888. The van der Waals surface area contributed by atoms with Crippen LogP contribution in [0.4, 0.5) is 0 Å². The van der Waals surface area contributed by atoms with Gasteiger partial charge in [-0.1, -0.05) is 44.4 Å². The summed E-state index contributed by atoms with van der Waals surface area (Å²) < 4.78 is 27.6. The van der Waals surface area contributed by atoms with Crippen molar-refractivity contribution in [1.82, 2.24) is 9.88 Å². The molecule has 0 spiro atoms. The third kappa shape index (κ3) is 12.7. The normalized spacial score (nSPS) is 12.1. The molecule has 1 aliphatic rings. The van der Waals surface area contributed by atoms with Gasteiger partial charge in [0.05, 0.1) is 33.0 Å². The molecule has 0 saturated heterocycles. The van der Waals surface area contributed by atoms with E-state index >= 15 is 0 Å². The van der Waals surface area contributed by atoms with Gasteiger partial charge in [0.2, 0.25) is 13.0 Å². The predicted molar refractivity (Wildman–Crippen MR) is 152 cm³/mol. The smallest absolute Gasteiger partial charge is 0.231 e. The molecule has 0 atom stereocenters. The molecule has 1 aromatic carbocycles. The number of aliphatic imine (C=N–C) groups is 1. The molecule has 0 N–H and O–H groups in total. The van der Waals surface area contributed by atoms with E-state index < -0.39 is 0 Å². The number of nitriles is 1. The second kappa shape index (κ2) is 19.2.